The Bertz CT molecular complexity index is 902. The smallest absolute Gasteiger partial charge is 0.308 e. The number of carboxylic acids is 1. The van der Waals surface area contributed by atoms with E-state index in [9.17, 15) is 14.7 Å². The second kappa shape index (κ2) is 6.83. The number of nitrogens with zero attached hydrogens (tertiary/aromatic N) is 3. The van der Waals surface area contributed by atoms with E-state index >= 15 is 0 Å². The minimum absolute atomic E-state index is 0.127. The number of amides is 1. The molecule has 1 aromatic carbocycles. The third kappa shape index (κ3) is 3.13. The lowest BCUT2D eigenvalue weighted by molar-refractivity contribution is -0.143. The number of aromatic nitrogens is 2. The number of aliphatic carboxylic acids is 1. The number of carbonyl (C=O) groups excluding carboxylic acids is 1. The zero-order valence-electron chi connectivity index (χ0n) is 15.8. The molecule has 6 nitrogen and oxygen atoms in total. The number of fused-ring (bicyclic) bond motifs is 1. The van der Waals surface area contributed by atoms with Crippen LogP contribution < -0.4 is 0 Å². The van der Waals surface area contributed by atoms with E-state index in [0.717, 1.165) is 41.8 Å². The summed E-state index contributed by atoms with van der Waals surface area (Å²) in [7, 11) is 0. The number of rotatable bonds is 3. The van der Waals surface area contributed by atoms with Crippen molar-refractivity contribution in [1.29, 1.82) is 0 Å². The number of hydrogen-bond acceptors (Lipinski definition) is 3. The van der Waals surface area contributed by atoms with E-state index in [1.54, 1.807) is 4.90 Å². The molecule has 2 unspecified atom stereocenters. The number of hydrogen-bond donors (Lipinski definition) is 1. The number of carboxylic acid groups (broad SMARTS) is 1. The maximum atomic E-state index is 13.3. The van der Waals surface area contributed by atoms with E-state index in [2.05, 4.69) is 0 Å². The summed E-state index contributed by atoms with van der Waals surface area (Å²) in [4.78, 5) is 26.4. The average molecular weight is 367 g/mol. The number of benzene rings is 1. The van der Waals surface area contributed by atoms with E-state index in [1.165, 1.54) is 0 Å². The SMILES string of the molecule is Cc1ccccc1-n1nc(C(=O)N2CC(C)CC(C(=O)O)C2)c2c1CCC2. The lowest BCUT2D eigenvalue weighted by atomic mass is 9.90. The Kier molecular flexibility index (Phi) is 4.50. The maximum absolute atomic E-state index is 13.3. The van der Waals surface area contributed by atoms with Gasteiger partial charge in [-0.1, -0.05) is 25.1 Å². The Morgan fingerprint density at radius 3 is 2.70 bits per heavy atom. The molecule has 2 aliphatic rings. The number of aryl methyl sites for hydroxylation is 1. The van der Waals surface area contributed by atoms with E-state index < -0.39 is 11.9 Å². The minimum atomic E-state index is -0.824. The Morgan fingerprint density at radius 1 is 1.19 bits per heavy atom. The Hall–Kier alpha value is -2.63. The molecular weight excluding hydrogens is 342 g/mol. The van der Waals surface area contributed by atoms with Crippen LogP contribution in [0.25, 0.3) is 5.69 Å². The van der Waals surface area contributed by atoms with Crippen LogP contribution in [0.2, 0.25) is 0 Å². The van der Waals surface area contributed by atoms with Gasteiger partial charge in [0.05, 0.1) is 11.6 Å². The molecule has 1 fully saturated rings. The summed E-state index contributed by atoms with van der Waals surface area (Å²) in [6.45, 7) is 4.91. The zero-order chi connectivity index (χ0) is 19.1. The fourth-order valence-corrected chi connectivity index (χ4v) is 4.46. The van der Waals surface area contributed by atoms with Gasteiger partial charge >= 0.3 is 5.97 Å². The molecule has 1 aliphatic heterocycles. The summed E-state index contributed by atoms with van der Waals surface area (Å²) < 4.78 is 1.92. The van der Waals surface area contributed by atoms with Gasteiger partial charge in [0.15, 0.2) is 5.69 Å². The third-order valence-electron chi connectivity index (χ3n) is 5.77. The van der Waals surface area contributed by atoms with Crippen molar-refractivity contribution in [3.63, 3.8) is 0 Å². The molecule has 2 aromatic rings. The molecule has 2 heterocycles. The van der Waals surface area contributed by atoms with Gasteiger partial charge in [-0.15, -0.1) is 0 Å². The van der Waals surface area contributed by atoms with Gasteiger partial charge in [0.25, 0.3) is 5.91 Å². The summed E-state index contributed by atoms with van der Waals surface area (Å²) in [5.41, 5.74) is 4.78. The quantitative estimate of drug-likeness (QED) is 0.905. The second-order valence-electron chi connectivity index (χ2n) is 7.91. The molecule has 2 atom stereocenters. The summed E-state index contributed by atoms with van der Waals surface area (Å²) in [6.07, 6.45) is 3.41. The molecule has 1 aromatic heterocycles. The van der Waals surface area contributed by atoms with Crippen molar-refractivity contribution in [3.8, 4) is 5.69 Å². The van der Waals surface area contributed by atoms with E-state index in [-0.39, 0.29) is 18.4 Å². The third-order valence-corrected chi connectivity index (χ3v) is 5.77. The van der Waals surface area contributed by atoms with Crippen molar-refractivity contribution >= 4 is 11.9 Å². The molecule has 0 radical (unpaired) electrons. The van der Waals surface area contributed by atoms with Crippen LogP contribution in [0.3, 0.4) is 0 Å². The Labute approximate surface area is 158 Å². The molecule has 142 valence electrons. The highest BCUT2D eigenvalue weighted by Crippen LogP contribution is 2.31. The highest BCUT2D eigenvalue weighted by atomic mass is 16.4. The van der Waals surface area contributed by atoms with Crippen molar-refractivity contribution in [3.05, 3.63) is 46.8 Å². The van der Waals surface area contributed by atoms with Crippen LogP contribution in [0.15, 0.2) is 24.3 Å². The van der Waals surface area contributed by atoms with Gasteiger partial charge in [0.1, 0.15) is 0 Å². The van der Waals surface area contributed by atoms with Gasteiger partial charge in [-0.3, -0.25) is 9.59 Å². The zero-order valence-corrected chi connectivity index (χ0v) is 15.8. The lowest BCUT2D eigenvalue weighted by Gasteiger charge is -2.34. The van der Waals surface area contributed by atoms with E-state index in [0.29, 0.717) is 18.7 Å². The lowest BCUT2D eigenvalue weighted by Crippen LogP contribution is -2.45. The van der Waals surface area contributed by atoms with Gasteiger partial charge in [-0.05, 0) is 50.2 Å². The van der Waals surface area contributed by atoms with E-state index in [1.807, 2.05) is 42.8 Å². The van der Waals surface area contributed by atoms with Crippen molar-refractivity contribution in [2.45, 2.75) is 39.5 Å². The van der Waals surface area contributed by atoms with Crippen LogP contribution >= 0.6 is 0 Å². The van der Waals surface area contributed by atoms with Crippen molar-refractivity contribution in [2.24, 2.45) is 11.8 Å². The molecule has 6 heteroatoms. The van der Waals surface area contributed by atoms with Crippen LogP contribution in [0.4, 0.5) is 0 Å². The van der Waals surface area contributed by atoms with Crippen molar-refractivity contribution in [1.82, 2.24) is 14.7 Å². The van der Waals surface area contributed by atoms with Gasteiger partial charge < -0.3 is 10.0 Å². The summed E-state index contributed by atoms with van der Waals surface area (Å²) in [5, 5.41) is 14.1. The first-order valence-corrected chi connectivity index (χ1v) is 9.64. The fourth-order valence-electron chi connectivity index (χ4n) is 4.46. The minimum Gasteiger partial charge on any atom is -0.481 e. The molecule has 0 spiro atoms. The molecule has 1 aliphatic carbocycles. The van der Waals surface area contributed by atoms with Crippen LogP contribution in [0.5, 0.6) is 0 Å². The normalized spacial score (nSPS) is 21.9. The molecule has 1 amide bonds. The van der Waals surface area contributed by atoms with Crippen LogP contribution in [-0.2, 0) is 17.6 Å². The Morgan fingerprint density at radius 2 is 1.96 bits per heavy atom. The number of para-hydroxylation sites is 1. The molecule has 1 N–H and O–H groups in total. The first-order valence-electron chi connectivity index (χ1n) is 9.64. The van der Waals surface area contributed by atoms with Gasteiger partial charge in [-0.2, -0.15) is 5.10 Å². The highest BCUT2D eigenvalue weighted by Gasteiger charge is 2.35. The highest BCUT2D eigenvalue weighted by molar-refractivity contribution is 5.94. The fraction of sp³-hybridized carbons (Fsp3) is 0.476. The van der Waals surface area contributed by atoms with Gasteiger partial charge in [0.2, 0.25) is 0 Å². The summed E-state index contributed by atoms with van der Waals surface area (Å²) >= 11 is 0. The number of piperidine rings is 1. The molecule has 4 rings (SSSR count). The predicted molar refractivity (Wildman–Crippen MR) is 101 cm³/mol. The molecular formula is C21H25N3O3. The molecule has 27 heavy (non-hydrogen) atoms. The van der Waals surface area contributed by atoms with Crippen LogP contribution in [-0.4, -0.2) is 44.8 Å². The van der Waals surface area contributed by atoms with Gasteiger partial charge in [-0.25, -0.2) is 4.68 Å². The number of likely N-dealkylation sites (tertiary alicyclic amines) is 1. The van der Waals surface area contributed by atoms with Crippen LogP contribution in [0.1, 0.15) is 47.1 Å². The van der Waals surface area contributed by atoms with Crippen LogP contribution in [0, 0.1) is 18.8 Å². The predicted octanol–water partition coefficient (Wildman–Crippen LogP) is 2.85. The summed E-state index contributed by atoms with van der Waals surface area (Å²) in [5.74, 6) is -1.27. The maximum Gasteiger partial charge on any atom is 0.308 e. The first kappa shape index (κ1) is 17.8. The largest absolute Gasteiger partial charge is 0.481 e. The summed E-state index contributed by atoms with van der Waals surface area (Å²) in [6, 6.07) is 8.05. The molecule has 0 bridgehead atoms. The average Bonchev–Trinajstić information content (AvgIpc) is 3.24. The standard InChI is InChI=1S/C21H25N3O3/c1-13-10-15(21(26)27)12-23(11-13)20(25)19-16-7-5-9-18(16)24(22-19)17-8-4-3-6-14(17)2/h3-4,6,8,13,15H,5,7,9-12H2,1-2H3,(H,26,27). The van der Waals surface area contributed by atoms with E-state index in [4.69, 9.17) is 5.10 Å². The molecule has 0 saturated carbocycles. The Balaban J connectivity index is 1.70. The van der Waals surface area contributed by atoms with Gasteiger partial charge in [0, 0.05) is 24.3 Å². The number of carbonyl (C=O) groups is 2. The monoisotopic (exact) mass is 367 g/mol. The van der Waals surface area contributed by atoms with Crippen molar-refractivity contribution < 1.29 is 14.7 Å². The van der Waals surface area contributed by atoms with Crippen molar-refractivity contribution in [2.75, 3.05) is 13.1 Å². The topological polar surface area (TPSA) is 75.4 Å². The first-order chi connectivity index (χ1) is 13.0. The second-order valence-corrected chi connectivity index (χ2v) is 7.91. The molecule has 1 saturated heterocycles.